The Balaban J connectivity index is 1.82. The van der Waals surface area contributed by atoms with E-state index in [2.05, 4.69) is 5.32 Å². The van der Waals surface area contributed by atoms with Crippen molar-refractivity contribution < 1.29 is 23.5 Å². The number of ether oxygens (including phenoxy) is 1. The van der Waals surface area contributed by atoms with Gasteiger partial charge in [-0.05, 0) is 31.4 Å². The SMILES string of the molecule is O=C(CNC(=O)c1ccccc1F)O[C@H]1CCCCC1=O. The van der Waals surface area contributed by atoms with Gasteiger partial charge in [0.15, 0.2) is 11.9 Å². The van der Waals surface area contributed by atoms with Crippen molar-refractivity contribution in [1.82, 2.24) is 5.32 Å². The van der Waals surface area contributed by atoms with Crippen LogP contribution in [0.2, 0.25) is 0 Å². The molecule has 1 fully saturated rings. The Labute approximate surface area is 121 Å². The Bertz CT molecular complexity index is 558. The summed E-state index contributed by atoms with van der Waals surface area (Å²) in [4.78, 5) is 34.8. The summed E-state index contributed by atoms with van der Waals surface area (Å²) in [6, 6.07) is 5.47. The Morgan fingerprint density at radius 2 is 2.05 bits per heavy atom. The number of ketones is 1. The Hall–Kier alpha value is -2.24. The smallest absolute Gasteiger partial charge is 0.326 e. The van der Waals surface area contributed by atoms with Gasteiger partial charge in [-0.1, -0.05) is 12.1 Å². The van der Waals surface area contributed by atoms with Gasteiger partial charge in [0.1, 0.15) is 12.4 Å². The first-order valence-electron chi connectivity index (χ1n) is 6.83. The maximum atomic E-state index is 13.4. The van der Waals surface area contributed by atoms with E-state index < -0.39 is 30.3 Å². The van der Waals surface area contributed by atoms with Crippen LogP contribution in [0, 0.1) is 5.82 Å². The van der Waals surface area contributed by atoms with Gasteiger partial charge in [0.05, 0.1) is 5.56 Å². The molecule has 112 valence electrons. The topological polar surface area (TPSA) is 72.5 Å². The number of esters is 1. The minimum Gasteiger partial charge on any atom is -0.453 e. The second kappa shape index (κ2) is 6.97. The minimum atomic E-state index is -0.711. The van der Waals surface area contributed by atoms with E-state index in [1.807, 2.05) is 0 Å². The largest absolute Gasteiger partial charge is 0.453 e. The second-order valence-electron chi connectivity index (χ2n) is 4.85. The summed E-state index contributed by atoms with van der Waals surface area (Å²) in [5.41, 5.74) is -0.140. The van der Waals surface area contributed by atoms with Gasteiger partial charge in [0, 0.05) is 6.42 Å². The molecular weight excluding hydrogens is 277 g/mol. The summed E-state index contributed by atoms with van der Waals surface area (Å²) in [5.74, 6) is -2.14. The number of carbonyl (C=O) groups is 3. The molecule has 0 aromatic heterocycles. The van der Waals surface area contributed by atoms with Crippen LogP contribution in [0.5, 0.6) is 0 Å². The lowest BCUT2D eigenvalue weighted by atomic mass is 9.96. The van der Waals surface area contributed by atoms with Gasteiger partial charge in [0.2, 0.25) is 0 Å². The molecule has 1 aromatic rings. The van der Waals surface area contributed by atoms with Crippen LogP contribution in [0.15, 0.2) is 24.3 Å². The summed E-state index contributed by atoms with van der Waals surface area (Å²) in [7, 11) is 0. The van der Waals surface area contributed by atoms with Crippen molar-refractivity contribution in [3.8, 4) is 0 Å². The fourth-order valence-corrected chi connectivity index (χ4v) is 2.17. The van der Waals surface area contributed by atoms with E-state index in [1.165, 1.54) is 18.2 Å². The van der Waals surface area contributed by atoms with Crippen LogP contribution in [0.3, 0.4) is 0 Å². The van der Waals surface area contributed by atoms with Gasteiger partial charge in [0.25, 0.3) is 5.91 Å². The zero-order chi connectivity index (χ0) is 15.2. The molecule has 0 heterocycles. The molecule has 1 N–H and O–H groups in total. The van der Waals surface area contributed by atoms with Crippen LogP contribution >= 0.6 is 0 Å². The summed E-state index contributed by atoms with van der Waals surface area (Å²) in [6.45, 7) is -0.392. The number of amides is 1. The van der Waals surface area contributed by atoms with Crippen LogP contribution < -0.4 is 5.32 Å². The van der Waals surface area contributed by atoms with E-state index in [4.69, 9.17) is 4.74 Å². The highest BCUT2D eigenvalue weighted by Gasteiger charge is 2.25. The van der Waals surface area contributed by atoms with Crippen molar-refractivity contribution in [2.45, 2.75) is 31.8 Å². The van der Waals surface area contributed by atoms with Crippen LogP contribution in [-0.2, 0) is 14.3 Å². The average molecular weight is 293 g/mol. The predicted octanol–water partition coefficient (Wildman–Crippen LogP) is 1.61. The fourth-order valence-electron chi connectivity index (χ4n) is 2.17. The van der Waals surface area contributed by atoms with Gasteiger partial charge < -0.3 is 10.1 Å². The molecule has 0 saturated heterocycles. The lowest BCUT2D eigenvalue weighted by Crippen LogP contribution is -2.36. The number of nitrogens with one attached hydrogen (secondary N) is 1. The molecule has 5 nitrogen and oxygen atoms in total. The molecule has 0 radical (unpaired) electrons. The van der Waals surface area contributed by atoms with Gasteiger partial charge in [-0.15, -0.1) is 0 Å². The number of Topliss-reactive ketones (excluding diaryl/α,β-unsaturated/α-hetero) is 1. The highest BCUT2D eigenvalue weighted by Crippen LogP contribution is 2.17. The molecule has 21 heavy (non-hydrogen) atoms. The summed E-state index contributed by atoms with van der Waals surface area (Å²) < 4.78 is 18.4. The molecule has 6 heteroatoms. The van der Waals surface area contributed by atoms with E-state index in [9.17, 15) is 18.8 Å². The number of carbonyl (C=O) groups excluding carboxylic acids is 3. The number of halogens is 1. The van der Waals surface area contributed by atoms with Gasteiger partial charge in [-0.25, -0.2) is 4.39 Å². The Morgan fingerprint density at radius 3 is 2.76 bits per heavy atom. The van der Waals surface area contributed by atoms with E-state index in [0.717, 1.165) is 18.9 Å². The molecule has 1 aliphatic carbocycles. The second-order valence-corrected chi connectivity index (χ2v) is 4.85. The molecule has 1 aliphatic rings. The van der Waals surface area contributed by atoms with Crippen molar-refractivity contribution >= 4 is 17.7 Å². The molecule has 2 rings (SSSR count). The van der Waals surface area contributed by atoms with Crippen LogP contribution in [0.25, 0.3) is 0 Å². The van der Waals surface area contributed by atoms with Gasteiger partial charge in [-0.3, -0.25) is 14.4 Å². The van der Waals surface area contributed by atoms with Crippen molar-refractivity contribution in [2.75, 3.05) is 6.54 Å². The van der Waals surface area contributed by atoms with Crippen LogP contribution in [0.4, 0.5) is 4.39 Å². The van der Waals surface area contributed by atoms with Crippen molar-refractivity contribution in [3.63, 3.8) is 0 Å². The average Bonchev–Trinajstić information content (AvgIpc) is 2.48. The maximum Gasteiger partial charge on any atom is 0.326 e. The molecular formula is C15H16FNO4. The first-order chi connectivity index (χ1) is 10.1. The molecule has 1 aromatic carbocycles. The standard InChI is InChI=1S/C15H16FNO4/c16-11-6-2-1-5-10(11)15(20)17-9-14(19)21-13-8-4-3-7-12(13)18/h1-2,5-6,13H,3-4,7-9H2,(H,17,20)/t13-/m0/s1. The predicted molar refractivity (Wildman–Crippen MR) is 72.1 cm³/mol. The van der Waals surface area contributed by atoms with Gasteiger partial charge in [-0.2, -0.15) is 0 Å². The number of hydrogen-bond donors (Lipinski definition) is 1. The molecule has 1 saturated carbocycles. The first-order valence-corrected chi connectivity index (χ1v) is 6.83. The third-order valence-electron chi connectivity index (χ3n) is 3.28. The summed E-state index contributed by atoms with van der Waals surface area (Å²) in [5, 5.41) is 2.28. The lowest BCUT2D eigenvalue weighted by Gasteiger charge is -2.20. The molecule has 0 spiro atoms. The normalized spacial score (nSPS) is 18.1. The fraction of sp³-hybridized carbons (Fsp3) is 0.400. The Morgan fingerprint density at radius 1 is 1.29 bits per heavy atom. The highest BCUT2D eigenvalue weighted by molar-refractivity contribution is 5.96. The minimum absolute atomic E-state index is 0.0879. The molecule has 1 atom stereocenters. The van der Waals surface area contributed by atoms with E-state index >= 15 is 0 Å². The number of rotatable bonds is 4. The number of hydrogen-bond acceptors (Lipinski definition) is 4. The zero-order valence-corrected chi connectivity index (χ0v) is 11.4. The summed E-state index contributed by atoms with van der Waals surface area (Å²) in [6.07, 6.45) is 1.88. The van der Waals surface area contributed by atoms with E-state index in [1.54, 1.807) is 0 Å². The van der Waals surface area contributed by atoms with Crippen molar-refractivity contribution in [2.24, 2.45) is 0 Å². The zero-order valence-electron chi connectivity index (χ0n) is 11.4. The third-order valence-corrected chi connectivity index (χ3v) is 3.28. The molecule has 0 aliphatic heterocycles. The highest BCUT2D eigenvalue weighted by atomic mass is 19.1. The van der Waals surface area contributed by atoms with Crippen LogP contribution in [-0.4, -0.2) is 30.3 Å². The molecule has 1 amide bonds. The lowest BCUT2D eigenvalue weighted by molar-refractivity contribution is -0.155. The van der Waals surface area contributed by atoms with Crippen LogP contribution in [0.1, 0.15) is 36.0 Å². The maximum absolute atomic E-state index is 13.4. The monoisotopic (exact) mass is 293 g/mol. The summed E-state index contributed by atoms with van der Waals surface area (Å²) >= 11 is 0. The Kier molecular flexibility index (Phi) is 5.03. The van der Waals surface area contributed by atoms with Crippen molar-refractivity contribution in [1.29, 1.82) is 0 Å². The third kappa shape index (κ3) is 4.11. The van der Waals surface area contributed by atoms with Crippen molar-refractivity contribution in [3.05, 3.63) is 35.6 Å². The van der Waals surface area contributed by atoms with E-state index in [-0.39, 0.29) is 11.3 Å². The van der Waals surface area contributed by atoms with Gasteiger partial charge >= 0.3 is 5.97 Å². The first kappa shape index (κ1) is 15.2. The van der Waals surface area contributed by atoms with E-state index in [0.29, 0.717) is 12.8 Å². The quantitative estimate of drug-likeness (QED) is 0.856. The molecule has 0 bridgehead atoms. The number of benzene rings is 1. The molecule has 0 unspecified atom stereocenters.